The van der Waals surface area contributed by atoms with Gasteiger partial charge in [0.2, 0.25) is 5.88 Å². The molecule has 0 radical (unpaired) electrons. The Morgan fingerprint density at radius 2 is 1.62 bits per heavy atom. The number of halogens is 1. The number of pyridine rings is 1. The second-order valence-electron chi connectivity index (χ2n) is 8.44. The molecule has 0 fully saturated rings. The van der Waals surface area contributed by atoms with Crippen molar-refractivity contribution in [1.82, 2.24) is 4.57 Å². The van der Waals surface area contributed by atoms with Crippen molar-refractivity contribution < 1.29 is 18.3 Å². The smallest absolute Gasteiger partial charge is 0.265 e. The van der Waals surface area contributed by atoms with Crippen LogP contribution in [0.25, 0.3) is 16.5 Å². The summed E-state index contributed by atoms with van der Waals surface area (Å²) in [6.07, 6.45) is 1.43. The van der Waals surface area contributed by atoms with Gasteiger partial charge in [0.1, 0.15) is 5.75 Å². The zero-order valence-corrected chi connectivity index (χ0v) is 22.1. The van der Waals surface area contributed by atoms with E-state index < -0.39 is 21.5 Å². The van der Waals surface area contributed by atoms with E-state index in [0.29, 0.717) is 27.2 Å². The topological polar surface area (TPSA) is 110 Å². The molecule has 39 heavy (non-hydrogen) atoms. The molecule has 5 rings (SSSR count). The van der Waals surface area contributed by atoms with Crippen LogP contribution < -0.4 is 15.0 Å². The number of fused-ring (bicyclic) bond motifs is 1. The van der Waals surface area contributed by atoms with Crippen LogP contribution in [0.2, 0.25) is 5.02 Å². The predicted octanol–water partition coefficient (Wildman–Crippen LogP) is 5.91. The Morgan fingerprint density at radius 3 is 2.38 bits per heavy atom. The van der Waals surface area contributed by atoms with Crippen LogP contribution in [0.1, 0.15) is 5.56 Å². The molecule has 0 spiro atoms. The van der Waals surface area contributed by atoms with Gasteiger partial charge in [0, 0.05) is 17.0 Å². The Bertz CT molecular complexity index is 1900. The van der Waals surface area contributed by atoms with Crippen molar-refractivity contribution in [3.63, 3.8) is 0 Å². The summed E-state index contributed by atoms with van der Waals surface area (Å²) in [6.45, 7) is 0. The fourth-order valence-electron chi connectivity index (χ4n) is 4.14. The first-order valence-corrected chi connectivity index (χ1v) is 13.6. The van der Waals surface area contributed by atoms with Gasteiger partial charge in [0.15, 0.2) is 0 Å². The molecule has 0 aliphatic carbocycles. The van der Waals surface area contributed by atoms with Crippen LogP contribution in [-0.2, 0) is 10.0 Å². The Hall–Kier alpha value is -4.60. The molecule has 0 aliphatic rings. The summed E-state index contributed by atoms with van der Waals surface area (Å²) in [7, 11) is -2.63. The molecule has 196 valence electrons. The van der Waals surface area contributed by atoms with Crippen molar-refractivity contribution in [1.29, 1.82) is 0 Å². The van der Waals surface area contributed by atoms with Crippen molar-refractivity contribution in [2.75, 3.05) is 11.8 Å². The fraction of sp³-hybridized carbons (Fsp3) is 0.0345. The number of methoxy groups -OCH3 is 1. The summed E-state index contributed by atoms with van der Waals surface area (Å²) in [5.74, 6) is -0.0511. The predicted molar refractivity (Wildman–Crippen MR) is 154 cm³/mol. The quantitative estimate of drug-likeness (QED) is 0.241. The third-order valence-electron chi connectivity index (χ3n) is 6.03. The van der Waals surface area contributed by atoms with Crippen molar-refractivity contribution in [2.45, 2.75) is 4.90 Å². The molecule has 0 amide bonds. The number of hydrogen-bond donors (Lipinski definition) is 2. The third kappa shape index (κ3) is 5.09. The van der Waals surface area contributed by atoms with E-state index in [2.05, 4.69) is 9.71 Å². The highest BCUT2D eigenvalue weighted by Crippen LogP contribution is 2.30. The van der Waals surface area contributed by atoms with Gasteiger partial charge in [-0.05, 0) is 48.5 Å². The number of hydrogen-bond acceptors (Lipinski definition) is 6. The lowest BCUT2D eigenvalue weighted by molar-refractivity contribution is 0.417. The first kappa shape index (κ1) is 26.0. The Balaban J connectivity index is 1.64. The van der Waals surface area contributed by atoms with E-state index in [1.54, 1.807) is 72.8 Å². The monoisotopic (exact) mass is 559 g/mol. The van der Waals surface area contributed by atoms with Gasteiger partial charge in [0.25, 0.3) is 15.6 Å². The van der Waals surface area contributed by atoms with Crippen LogP contribution in [0.3, 0.4) is 0 Å². The van der Waals surface area contributed by atoms with E-state index in [1.165, 1.54) is 37.6 Å². The fourth-order valence-corrected chi connectivity index (χ4v) is 5.44. The van der Waals surface area contributed by atoms with Crippen LogP contribution in [0.15, 0.2) is 112 Å². The number of aliphatic imine (C=N–C) groups is 1. The van der Waals surface area contributed by atoms with Crippen LogP contribution in [-0.4, -0.2) is 31.4 Å². The van der Waals surface area contributed by atoms with Gasteiger partial charge in [-0.2, -0.15) is 0 Å². The van der Waals surface area contributed by atoms with Crippen LogP contribution in [0, 0.1) is 0 Å². The summed E-state index contributed by atoms with van der Waals surface area (Å²) in [5.41, 5.74) is 0.638. The minimum atomic E-state index is -4.07. The standard InChI is InChI=1S/C29H22ClN3O5S/c1-38-27-16-7-6-15-26(27)32-39(36,37)20-10-8-9-19(17-20)33-28(34)22-12-3-2-11-21(22)23(29(33)35)18-31-25-14-5-4-13-24(25)30/h2-18,32,35H,1H3. The maximum absolute atomic E-state index is 13.5. The van der Waals surface area contributed by atoms with Crippen molar-refractivity contribution >= 4 is 50.0 Å². The van der Waals surface area contributed by atoms with Gasteiger partial charge in [-0.1, -0.05) is 60.1 Å². The van der Waals surface area contributed by atoms with Gasteiger partial charge in [-0.3, -0.25) is 14.5 Å². The molecular weight excluding hydrogens is 538 g/mol. The van der Waals surface area contributed by atoms with Gasteiger partial charge in [0.05, 0.1) is 39.7 Å². The summed E-state index contributed by atoms with van der Waals surface area (Å²) in [6, 6.07) is 26.1. The SMILES string of the molecule is COc1ccccc1NS(=O)(=O)c1cccc(-n2c(O)c(C=Nc3ccccc3Cl)c3ccccc3c2=O)c1. The summed E-state index contributed by atoms with van der Waals surface area (Å²) in [4.78, 5) is 17.8. The molecule has 0 unspecified atom stereocenters. The minimum Gasteiger partial charge on any atom is -0.495 e. The molecule has 4 aromatic carbocycles. The molecule has 1 heterocycles. The van der Waals surface area contributed by atoms with E-state index in [4.69, 9.17) is 16.3 Å². The number of rotatable bonds is 7. The molecule has 0 aliphatic heterocycles. The number of sulfonamides is 1. The van der Waals surface area contributed by atoms with Gasteiger partial charge in [-0.25, -0.2) is 13.0 Å². The maximum atomic E-state index is 13.5. The number of nitrogens with one attached hydrogen (secondary N) is 1. The largest absolute Gasteiger partial charge is 0.495 e. The maximum Gasteiger partial charge on any atom is 0.265 e. The van der Waals surface area contributed by atoms with Crippen LogP contribution in [0.4, 0.5) is 11.4 Å². The number of anilines is 1. The molecule has 0 atom stereocenters. The van der Waals surface area contributed by atoms with E-state index in [1.807, 2.05) is 0 Å². The Labute approximate surface area is 229 Å². The number of nitrogens with zero attached hydrogens (tertiary/aromatic N) is 2. The molecule has 2 N–H and O–H groups in total. The van der Waals surface area contributed by atoms with Gasteiger partial charge in [-0.15, -0.1) is 0 Å². The first-order chi connectivity index (χ1) is 18.8. The van der Waals surface area contributed by atoms with Gasteiger partial charge < -0.3 is 9.84 Å². The molecule has 5 aromatic rings. The zero-order valence-electron chi connectivity index (χ0n) is 20.6. The molecule has 8 nitrogen and oxygen atoms in total. The molecule has 0 bridgehead atoms. The van der Waals surface area contributed by atoms with Crippen molar-refractivity contribution in [3.8, 4) is 17.3 Å². The number of aromatic nitrogens is 1. The highest BCUT2D eigenvalue weighted by molar-refractivity contribution is 7.92. The zero-order chi connectivity index (χ0) is 27.6. The third-order valence-corrected chi connectivity index (χ3v) is 7.71. The molecule has 0 saturated heterocycles. The van der Waals surface area contributed by atoms with Gasteiger partial charge >= 0.3 is 0 Å². The lowest BCUT2D eigenvalue weighted by Gasteiger charge is -2.15. The number of benzene rings is 4. The Kier molecular flexibility index (Phi) is 7.10. The Morgan fingerprint density at radius 1 is 0.923 bits per heavy atom. The van der Waals surface area contributed by atoms with Crippen LogP contribution in [0.5, 0.6) is 11.6 Å². The number of ether oxygens (including phenoxy) is 1. The normalized spacial score (nSPS) is 11.6. The average molecular weight is 560 g/mol. The lowest BCUT2D eigenvalue weighted by atomic mass is 10.1. The van der Waals surface area contributed by atoms with E-state index in [-0.39, 0.29) is 21.8 Å². The lowest BCUT2D eigenvalue weighted by Crippen LogP contribution is -2.21. The van der Waals surface area contributed by atoms with Crippen LogP contribution >= 0.6 is 11.6 Å². The second kappa shape index (κ2) is 10.6. The number of aromatic hydroxyl groups is 1. The highest BCUT2D eigenvalue weighted by Gasteiger charge is 2.20. The average Bonchev–Trinajstić information content (AvgIpc) is 2.94. The highest BCUT2D eigenvalue weighted by atomic mass is 35.5. The number of para-hydroxylation sites is 3. The summed E-state index contributed by atoms with van der Waals surface area (Å²) < 4.78 is 35.3. The summed E-state index contributed by atoms with van der Waals surface area (Å²) >= 11 is 6.24. The van der Waals surface area contributed by atoms with E-state index in [9.17, 15) is 18.3 Å². The minimum absolute atomic E-state index is 0.114. The molecule has 1 aromatic heterocycles. The summed E-state index contributed by atoms with van der Waals surface area (Å²) in [5, 5.41) is 12.5. The van der Waals surface area contributed by atoms with Crippen molar-refractivity contribution in [3.05, 3.63) is 118 Å². The van der Waals surface area contributed by atoms with E-state index >= 15 is 0 Å². The molecule has 10 heteroatoms. The molecule has 0 saturated carbocycles. The van der Waals surface area contributed by atoms with Crippen molar-refractivity contribution in [2.24, 2.45) is 4.99 Å². The second-order valence-corrected chi connectivity index (χ2v) is 10.5. The first-order valence-electron chi connectivity index (χ1n) is 11.7. The molecular formula is C29H22ClN3O5S. The van der Waals surface area contributed by atoms with E-state index in [0.717, 1.165) is 4.57 Å².